The number of aliphatic hydroxyl groups is 1. The Labute approximate surface area is 201 Å². The Morgan fingerprint density at radius 2 is 1.48 bits per heavy atom. The third kappa shape index (κ3) is 8.82. The molecule has 0 amide bonds. The molecule has 1 heterocycles. The molecule has 33 heavy (non-hydrogen) atoms. The van der Waals surface area contributed by atoms with E-state index in [0.717, 1.165) is 77.4 Å². The van der Waals surface area contributed by atoms with Gasteiger partial charge in [0.05, 0.1) is 6.20 Å². The molecule has 1 rings (SSSR count). The number of aromatic nitrogens is 2. The molecule has 190 valence electrons. The topological polar surface area (TPSA) is 76.6 Å². The van der Waals surface area contributed by atoms with Crippen molar-refractivity contribution in [3.8, 4) is 5.88 Å². The minimum absolute atomic E-state index is 0.0183. The first-order valence-corrected chi connectivity index (χ1v) is 12.8. The summed E-state index contributed by atoms with van der Waals surface area (Å²) in [6, 6.07) is 0. The lowest BCUT2D eigenvalue weighted by Gasteiger charge is -2.29. The molecule has 0 radical (unpaired) electrons. The highest BCUT2D eigenvalue weighted by Crippen LogP contribution is 2.35. The van der Waals surface area contributed by atoms with Crippen molar-refractivity contribution < 1.29 is 14.9 Å². The van der Waals surface area contributed by atoms with Crippen molar-refractivity contribution in [2.24, 2.45) is 10.8 Å². The van der Waals surface area contributed by atoms with E-state index >= 15 is 0 Å². The molecule has 0 spiro atoms. The Balaban J connectivity index is 2.37. The zero-order valence-electron chi connectivity index (χ0n) is 21.4. The van der Waals surface area contributed by atoms with Crippen molar-refractivity contribution in [2.75, 3.05) is 19.8 Å². The molecule has 0 aliphatic heterocycles. The van der Waals surface area contributed by atoms with Gasteiger partial charge in [-0.1, -0.05) is 38.8 Å². The lowest BCUT2D eigenvalue weighted by Crippen LogP contribution is -2.31. The minimum atomic E-state index is -0.218. The summed E-state index contributed by atoms with van der Waals surface area (Å²) in [5.41, 5.74) is -0.243. The monoisotopic (exact) mass is 464 g/mol. The van der Waals surface area contributed by atoms with E-state index in [4.69, 9.17) is 9.84 Å². The van der Waals surface area contributed by atoms with Gasteiger partial charge in [0.2, 0.25) is 5.88 Å². The van der Waals surface area contributed by atoms with Crippen LogP contribution in [0, 0.1) is 10.8 Å². The number of unbranched alkanes of at least 4 members (excludes halogenated alkanes) is 2. The number of allylic oxidation sites excluding steroid dienone is 2. The molecule has 2 atom stereocenters. The number of aliphatic hydroxyl groups excluding tert-OH is 1. The Hall–Kier alpha value is -1.79. The van der Waals surface area contributed by atoms with E-state index in [-0.39, 0.29) is 29.0 Å². The van der Waals surface area contributed by atoms with Crippen molar-refractivity contribution in [1.29, 1.82) is 0 Å². The molecule has 2 N–H and O–H groups in total. The molecule has 0 aliphatic carbocycles. The Morgan fingerprint density at radius 1 is 0.939 bits per heavy atom. The maximum absolute atomic E-state index is 12.5. The van der Waals surface area contributed by atoms with Crippen LogP contribution in [0.1, 0.15) is 85.0 Å². The van der Waals surface area contributed by atoms with E-state index in [1.54, 1.807) is 0 Å². The van der Waals surface area contributed by atoms with Gasteiger partial charge in [-0.25, -0.2) is 4.79 Å². The van der Waals surface area contributed by atoms with Crippen LogP contribution < -0.4 is 5.69 Å². The van der Waals surface area contributed by atoms with Crippen LogP contribution in [-0.2, 0) is 17.8 Å². The smallest absolute Gasteiger partial charge is 0.331 e. The summed E-state index contributed by atoms with van der Waals surface area (Å²) in [4.78, 5) is 12.5. The van der Waals surface area contributed by atoms with Gasteiger partial charge in [0.25, 0.3) is 0 Å². The van der Waals surface area contributed by atoms with Gasteiger partial charge in [0, 0.05) is 38.3 Å². The van der Waals surface area contributed by atoms with Crippen LogP contribution >= 0.6 is 0 Å². The van der Waals surface area contributed by atoms with E-state index < -0.39 is 0 Å². The highest BCUT2D eigenvalue weighted by Gasteiger charge is 2.27. The average Bonchev–Trinajstić information content (AvgIpc) is 3.11. The normalized spacial score (nSPS) is 15.2. The lowest BCUT2D eigenvalue weighted by molar-refractivity contribution is 0.119. The number of aryl methyl sites for hydroxylation is 1. The molecule has 0 aliphatic rings. The molecule has 6 nitrogen and oxygen atoms in total. The fourth-order valence-corrected chi connectivity index (χ4v) is 4.61. The summed E-state index contributed by atoms with van der Waals surface area (Å²) < 4.78 is 8.85. The average molecular weight is 465 g/mol. The highest BCUT2D eigenvalue weighted by molar-refractivity contribution is 5.08. The minimum Gasteiger partial charge on any atom is -0.493 e. The summed E-state index contributed by atoms with van der Waals surface area (Å²) in [5, 5.41) is 19.3. The molecular weight excluding hydrogens is 416 g/mol. The fraction of sp³-hybridized carbons (Fsp3) is 0.741. The maximum atomic E-state index is 12.5. The Kier molecular flexibility index (Phi) is 13.4. The van der Waals surface area contributed by atoms with Crippen LogP contribution in [0.4, 0.5) is 0 Å². The van der Waals surface area contributed by atoms with Gasteiger partial charge in [-0.3, -0.25) is 9.13 Å². The highest BCUT2D eigenvalue weighted by atomic mass is 16.5. The van der Waals surface area contributed by atoms with Crippen molar-refractivity contribution in [1.82, 2.24) is 9.13 Å². The van der Waals surface area contributed by atoms with Gasteiger partial charge in [-0.05, 0) is 63.7 Å². The predicted octanol–water partition coefficient (Wildman–Crippen LogP) is 5.67. The molecule has 0 aromatic carbocycles. The molecule has 1 aromatic rings. The standard InChI is InChI=1S/C27H48N2O4/c1-6-26(7-2,18-15-19-30)16-11-13-20-33-21-14-12-17-27(8-3,9-4)23-29-24(31)22-28(10-5)25(29)32/h6,8,22,30-31H,1,3,7,9-21,23H2,2,4-5H3. The second-order valence-corrected chi connectivity index (χ2v) is 9.34. The van der Waals surface area contributed by atoms with Gasteiger partial charge in [0.1, 0.15) is 0 Å². The predicted molar refractivity (Wildman–Crippen MR) is 137 cm³/mol. The maximum Gasteiger partial charge on any atom is 0.331 e. The van der Waals surface area contributed by atoms with E-state index in [1.807, 2.05) is 13.0 Å². The van der Waals surface area contributed by atoms with E-state index in [9.17, 15) is 9.90 Å². The van der Waals surface area contributed by atoms with Crippen LogP contribution in [0.25, 0.3) is 0 Å². The molecule has 2 unspecified atom stereocenters. The summed E-state index contributed by atoms with van der Waals surface area (Å²) in [5.74, 6) is 0.0183. The first-order chi connectivity index (χ1) is 15.9. The Morgan fingerprint density at radius 3 is 1.94 bits per heavy atom. The molecule has 1 aromatic heterocycles. The molecule has 0 saturated heterocycles. The fourth-order valence-electron chi connectivity index (χ4n) is 4.61. The third-order valence-corrected chi connectivity index (χ3v) is 7.37. The SMILES string of the molecule is C=CC(CC)(CCCO)CCCCOCCCCC(C=C)(CC)Cn1c(O)cn(CC)c1=O. The first-order valence-electron chi connectivity index (χ1n) is 12.8. The summed E-state index contributed by atoms with van der Waals surface area (Å²) in [6.07, 6.45) is 15.4. The zero-order chi connectivity index (χ0) is 24.7. The van der Waals surface area contributed by atoms with Crippen molar-refractivity contribution in [2.45, 2.75) is 98.1 Å². The molecule has 0 fully saturated rings. The van der Waals surface area contributed by atoms with Gasteiger partial charge in [-0.2, -0.15) is 0 Å². The Bertz CT molecular complexity index is 754. The summed E-state index contributed by atoms with van der Waals surface area (Å²) in [6.45, 7) is 17.0. The van der Waals surface area contributed by atoms with E-state index in [2.05, 4.69) is 33.1 Å². The van der Waals surface area contributed by atoms with Crippen LogP contribution in [-0.4, -0.2) is 39.2 Å². The second-order valence-electron chi connectivity index (χ2n) is 9.34. The number of nitrogens with zero attached hydrogens (tertiary/aromatic N) is 2. The quantitative estimate of drug-likeness (QED) is 0.193. The summed E-state index contributed by atoms with van der Waals surface area (Å²) >= 11 is 0. The zero-order valence-corrected chi connectivity index (χ0v) is 21.4. The molecule has 6 heteroatoms. The van der Waals surface area contributed by atoms with Crippen LogP contribution in [0.2, 0.25) is 0 Å². The number of hydrogen-bond acceptors (Lipinski definition) is 4. The van der Waals surface area contributed by atoms with E-state index in [0.29, 0.717) is 13.1 Å². The van der Waals surface area contributed by atoms with Gasteiger partial charge in [0.15, 0.2) is 0 Å². The lowest BCUT2D eigenvalue weighted by atomic mass is 9.76. The van der Waals surface area contributed by atoms with Crippen LogP contribution in [0.5, 0.6) is 5.88 Å². The van der Waals surface area contributed by atoms with Crippen molar-refractivity contribution >= 4 is 0 Å². The number of ether oxygens (including phenoxy) is 1. The molecule has 0 bridgehead atoms. The number of hydrogen-bond donors (Lipinski definition) is 2. The van der Waals surface area contributed by atoms with Gasteiger partial charge >= 0.3 is 5.69 Å². The summed E-state index contributed by atoms with van der Waals surface area (Å²) in [7, 11) is 0. The first kappa shape index (κ1) is 29.2. The van der Waals surface area contributed by atoms with Gasteiger partial charge < -0.3 is 14.9 Å². The largest absolute Gasteiger partial charge is 0.493 e. The van der Waals surface area contributed by atoms with Crippen LogP contribution in [0.3, 0.4) is 0 Å². The van der Waals surface area contributed by atoms with Crippen molar-refractivity contribution in [3.63, 3.8) is 0 Å². The number of rotatable bonds is 20. The number of aromatic hydroxyl groups is 1. The van der Waals surface area contributed by atoms with Crippen molar-refractivity contribution in [3.05, 3.63) is 42.0 Å². The molecular formula is C27H48N2O4. The number of imidazole rings is 1. The van der Waals surface area contributed by atoms with Crippen LogP contribution in [0.15, 0.2) is 36.3 Å². The molecule has 0 saturated carbocycles. The second kappa shape index (κ2) is 15.2. The van der Waals surface area contributed by atoms with E-state index in [1.165, 1.54) is 15.3 Å². The third-order valence-electron chi connectivity index (χ3n) is 7.37. The van der Waals surface area contributed by atoms with Gasteiger partial charge in [-0.15, -0.1) is 13.2 Å².